The molecule has 0 aromatic heterocycles. The summed E-state index contributed by atoms with van der Waals surface area (Å²) < 4.78 is 0. The molecule has 0 radical (unpaired) electrons. The Morgan fingerprint density at radius 3 is 2.38 bits per heavy atom. The first-order valence-corrected chi connectivity index (χ1v) is 11.3. The average molecular weight is 421 g/mol. The number of aryl methyl sites for hydroxylation is 1. The van der Waals surface area contributed by atoms with Gasteiger partial charge in [0, 0.05) is 17.8 Å². The number of hydrogen-bond donors (Lipinski definition) is 1. The molecule has 1 N–H and O–H groups in total. The van der Waals surface area contributed by atoms with Crippen LogP contribution in [0.5, 0.6) is 0 Å². The molecular weight excluding hydrogens is 380 g/mol. The van der Waals surface area contributed by atoms with E-state index in [9.17, 15) is 4.79 Å². The summed E-state index contributed by atoms with van der Waals surface area (Å²) in [5.74, 6) is 0.555. The molecule has 0 fully saturated rings. The van der Waals surface area contributed by atoms with Gasteiger partial charge in [0.15, 0.2) is 0 Å². The van der Waals surface area contributed by atoms with E-state index in [0.717, 1.165) is 42.7 Å². The van der Waals surface area contributed by atoms with Gasteiger partial charge in [0.1, 0.15) is 0 Å². The molecule has 0 aliphatic rings. The predicted molar refractivity (Wildman–Crippen MR) is 126 cm³/mol. The molecule has 164 valence electrons. The van der Waals surface area contributed by atoms with E-state index in [1.165, 1.54) is 5.56 Å². The molecule has 29 heavy (non-hydrogen) atoms. The minimum Gasteiger partial charge on any atom is -0.328 e. The van der Waals surface area contributed by atoms with Crippen molar-refractivity contribution in [2.75, 3.05) is 6.54 Å². The molecule has 1 aromatic carbocycles. The van der Waals surface area contributed by atoms with Crippen LogP contribution in [0, 0.1) is 11.3 Å². The van der Waals surface area contributed by atoms with E-state index in [1.54, 1.807) is 11.1 Å². The van der Waals surface area contributed by atoms with Crippen LogP contribution in [0.3, 0.4) is 0 Å². The van der Waals surface area contributed by atoms with Crippen LogP contribution in [0.15, 0.2) is 31.0 Å². The minimum absolute atomic E-state index is 0.110. The largest absolute Gasteiger partial charge is 0.328 e. The molecule has 0 bridgehead atoms. The van der Waals surface area contributed by atoms with Crippen molar-refractivity contribution in [1.82, 2.24) is 10.2 Å². The molecule has 0 saturated heterocycles. The van der Waals surface area contributed by atoms with Gasteiger partial charge in [-0.1, -0.05) is 71.9 Å². The molecule has 4 heteroatoms. The van der Waals surface area contributed by atoms with Gasteiger partial charge in [0.25, 0.3) is 0 Å². The molecule has 2 amide bonds. The maximum Gasteiger partial charge on any atom is 0.322 e. The zero-order chi connectivity index (χ0) is 22.2. The maximum atomic E-state index is 12.9. The van der Waals surface area contributed by atoms with Crippen LogP contribution in [-0.4, -0.2) is 17.5 Å². The maximum absolute atomic E-state index is 12.9. The van der Waals surface area contributed by atoms with Gasteiger partial charge in [-0.15, -0.1) is 0 Å². The van der Waals surface area contributed by atoms with Crippen molar-refractivity contribution < 1.29 is 4.79 Å². The number of nitrogens with one attached hydrogen (secondary N) is 1. The Bertz CT molecular complexity index is 678. The molecule has 0 heterocycles. The first-order chi connectivity index (χ1) is 13.4. The van der Waals surface area contributed by atoms with Gasteiger partial charge in [0.2, 0.25) is 0 Å². The standard InChI is InChI=1S/C25H41ClN2O/c1-9-17-28(10-2)23(29)27-25(8,16-13-19(3)4)21-12-11-20(22(26)18-21)14-15-24(5,6)7/h10-12,18-19H,2,9,13-17H2,1,3-8H3,(H,27,29). The van der Waals surface area contributed by atoms with Gasteiger partial charge < -0.3 is 10.2 Å². The highest BCUT2D eigenvalue weighted by molar-refractivity contribution is 6.31. The highest BCUT2D eigenvalue weighted by Crippen LogP contribution is 2.33. The van der Waals surface area contributed by atoms with Crippen molar-refractivity contribution >= 4 is 17.6 Å². The Hall–Kier alpha value is -1.48. The van der Waals surface area contributed by atoms with E-state index >= 15 is 0 Å². The zero-order valence-corrected chi connectivity index (χ0v) is 20.3. The molecule has 3 nitrogen and oxygen atoms in total. The lowest BCUT2D eigenvalue weighted by Gasteiger charge is -2.34. The van der Waals surface area contributed by atoms with E-state index in [0.29, 0.717) is 12.5 Å². The Morgan fingerprint density at radius 1 is 1.24 bits per heavy atom. The third-order valence-electron chi connectivity index (χ3n) is 5.38. The lowest BCUT2D eigenvalue weighted by molar-refractivity contribution is 0.197. The summed E-state index contributed by atoms with van der Waals surface area (Å²) in [5.41, 5.74) is 2.01. The normalized spacial score (nSPS) is 13.8. The van der Waals surface area contributed by atoms with Crippen LogP contribution in [0.2, 0.25) is 5.02 Å². The zero-order valence-electron chi connectivity index (χ0n) is 19.6. The summed E-state index contributed by atoms with van der Waals surface area (Å²) in [5, 5.41) is 4.04. The Kier molecular flexibility index (Phi) is 9.75. The molecule has 0 spiro atoms. The van der Waals surface area contributed by atoms with E-state index < -0.39 is 5.54 Å². The van der Waals surface area contributed by atoms with Crippen molar-refractivity contribution in [2.24, 2.45) is 11.3 Å². The highest BCUT2D eigenvalue weighted by Gasteiger charge is 2.30. The monoisotopic (exact) mass is 420 g/mol. The summed E-state index contributed by atoms with van der Waals surface area (Å²) in [6, 6.07) is 6.18. The Morgan fingerprint density at radius 2 is 1.90 bits per heavy atom. The molecule has 1 atom stereocenters. The number of carbonyl (C=O) groups excluding carboxylic acids is 1. The number of amides is 2. The molecule has 1 aromatic rings. The first-order valence-electron chi connectivity index (χ1n) is 10.9. The lowest BCUT2D eigenvalue weighted by Crippen LogP contribution is -2.48. The number of rotatable bonds is 10. The molecule has 0 aliphatic carbocycles. The number of carbonyl (C=O) groups is 1. The van der Waals surface area contributed by atoms with Crippen molar-refractivity contribution in [3.05, 3.63) is 47.1 Å². The van der Waals surface area contributed by atoms with E-state index in [2.05, 4.69) is 72.5 Å². The third kappa shape index (κ3) is 8.42. The van der Waals surface area contributed by atoms with Crippen molar-refractivity contribution in [2.45, 2.75) is 86.1 Å². The summed E-state index contributed by atoms with van der Waals surface area (Å²) >= 11 is 6.66. The van der Waals surface area contributed by atoms with Gasteiger partial charge >= 0.3 is 6.03 Å². The number of halogens is 1. The molecule has 1 rings (SSSR count). The van der Waals surface area contributed by atoms with Gasteiger partial charge in [-0.25, -0.2) is 4.79 Å². The summed E-state index contributed by atoms with van der Waals surface area (Å²) in [7, 11) is 0. The van der Waals surface area contributed by atoms with E-state index in [4.69, 9.17) is 11.6 Å². The molecule has 1 unspecified atom stereocenters. The number of hydrogen-bond acceptors (Lipinski definition) is 1. The second-order valence-electron chi connectivity index (χ2n) is 9.94. The van der Waals surface area contributed by atoms with Crippen LogP contribution in [-0.2, 0) is 12.0 Å². The Labute approximate surface area is 183 Å². The van der Waals surface area contributed by atoms with Crippen LogP contribution >= 0.6 is 11.6 Å². The topological polar surface area (TPSA) is 32.3 Å². The van der Waals surface area contributed by atoms with Crippen LogP contribution in [0.1, 0.15) is 85.3 Å². The van der Waals surface area contributed by atoms with Crippen LogP contribution < -0.4 is 5.32 Å². The number of benzene rings is 1. The van der Waals surface area contributed by atoms with Gasteiger partial charge in [-0.05, 0) is 67.6 Å². The fraction of sp³-hybridized carbons (Fsp3) is 0.640. The average Bonchev–Trinajstić information content (AvgIpc) is 2.62. The smallest absolute Gasteiger partial charge is 0.322 e. The van der Waals surface area contributed by atoms with Crippen molar-refractivity contribution in [3.8, 4) is 0 Å². The third-order valence-corrected chi connectivity index (χ3v) is 5.74. The summed E-state index contributed by atoms with van der Waals surface area (Å²) in [6.07, 6.45) is 6.39. The lowest BCUT2D eigenvalue weighted by atomic mass is 9.84. The predicted octanol–water partition coefficient (Wildman–Crippen LogP) is 7.54. The fourth-order valence-electron chi connectivity index (χ4n) is 3.28. The second-order valence-corrected chi connectivity index (χ2v) is 10.3. The summed E-state index contributed by atoms with van der Waals surface area (Å²) in [4.78, 5) is 14.5. The summed E-state index contributed by atoms with van der Waals surface area (Å²) in [6.45, 7) is 19.7. The van der Waals surface area contributed by atoms with Gasteiger partial charge in [0.05, 0.1) is 5.54 Å². The SMILES string of the molecule is C=CN(CCC)C(=O)NC(C)(CCC(C)C)c1ccc(CCC(C)(C)C)c(Cl)c1. The number of nitrogens with zero attached hydrogens (tertiary/aromatic N) is 1. The quantitative estimate of drug-likeness (QED) is 0.416. The van der Waals surface area contributed by atoms with Crippen LogP contribution in [0.25, 0.3) is 0 Å². The fourth-order valence-corrected chi connectivity index (χ4v) is 3.56. The second kappa shape index (κ2) is 11.1. The number of urea groups is 1. The van der Waals surface area contributed by atoms with Crippen molar-refractivity contribution in [3.63, 3.8) is 0 Å². The molecular formula is C25H41ClN2O. The van der Waals surface area contributed by atoms with Crippen molar-refractivity contribution in [1.29, 1.82) is 0 Å². The molecule has 0 aliphatic heterocycles. The first kappa shape index (κ1) is 25.6. The van der Waals surface area contributed by atoms with Gasteiger partial charge in [-0.2, -0.15) is 0 Å². The van der Waals surface area contributed by atoms with Gasteiger partial charge in [-0.3, -0.25) is 0 Å². The van der Waals surface area contributed by atoms with E-state index in [-0.39, 0.29) is 11.4 Å². The van der Waals surface area contributed by atoms with Crippen LogP contribution in [0.4, 0.5) is 4.79 Å². The molecule has 0 saturated carbocycles. The highest BCUT2D eigenvalue weighted by atomic mass is 35.5. The minimum atomic E-state index is -0.484. The van der Waals surface area contributed by atoms with E-state index in [1.807, 2.05) is 6.07 Å². The Balaban J connectivity index is 3.14.